The molecule has 0 saturated heterocycles. The van der Waals surface area contributed by atoms with Gasteiger partial charge in [0.2, 0.25) is 5.91 Å². The van der Waals surface area contributed by atoms with Crippen molar-refractivity contribution in [2.75, 3.05) is 6.54 Å². The number of hydrogen-bond donors (Lipinski definition) is 2. The molecule has 1 amide bonds. The molecule has 0 radical (unpaired) electrons. The standard InChI is InChI=1S/C12H18BrClN2OS/c1-12(2,3)16-10(17)4-5-15-7-8-6-9(13)11(14)18-8/h6,15H,4-5,7H2,1-3H3,(H,16,17). The van der Waals surface area contributed by atoms with Crippen molar-refractivity contribution in [2.24, 2.45) is 0 Å². The van der Waals surface area contributed by atoms with Crippen molar-refractivity contribution in [3.63, 3.8) is 0 Å². The molecule has 0 bridgehead atoms. The van der Waals surface area contributed by atoms with Crippen molar-refractivity contribution in [1.29, 1.82) is 0 Å². The van der Waals surface area contributed by atoms with Gasteiger partial charge in [0, 0.05) is 34.4 Å². The smallest absolute Gasteiger partial charge is 0.221 e. The first-order valence-corrected chi connectivity index (χ1v) is 7.72. The van der Waals surface area contributed by atoms with Crippen molar-refractivity contribution < 1.29 is 4.79 Å². The molecule has 0 saturated carbocycles. The van der Waals surface area contributed by atoms with E-state index in [9.17, 15) is 4.79 Å². The number of rotatable bonds is 5. The van der Waals surface area contributed by atoms with E-state index < -0.39 is 0 Å². The Morgan fingerprint density at radius 1 is 1.50 bits per heavy atom. The maximum Gasteiger partial charge on any atom is 0.221 e. The molecule has 3 nitrogen and oxygen atoms in total. The van der Waals surface area contributed by atoms with E-state index in [1.54, 1.807) is 0 Å². The fourth-order valence-corrected chi connectivity index (χ4v) is 3.13. The number of hydrogen-bond acceptors (Lipinski definition) is 3. The van der Waals surface area contributed by atoms with Crippen LogP contribution in [-0.4, -0.2) is 18.0 Å². The Hall–Kier alpha value is -0.100. The number of carbonyl (C=O) groups is 1. The number of nitrogens with one attached hydrogen (secondary N) is 2. The molecule has 18 heavy (non-hydrogen) atoms. The van der Waals surface area contributed by atoms with Crippen molar-refractivity contribution in [3.05, 3.63) is 19.8 Å². The molecule has 1 heterocycles. The normalized spacial score (nSPS) is 11.6. The van der Waals surface area contributed by atoms with Gasteiger partial charge in [0.25, 0.3) is 0 Å². The van der Waals surface area contributed by atoms with Crippen LogP contribution in [0.1, 0.15) is 32.1 Å². The highest BCUT2D eigenvalue weighted by atomic mass is 79.9. The van der Waals surface area contributed by atoms with Gasteiger partial charge in [0.15, 0.2) is 0 Å². The van der Waals surface area contributed by atoms with Crippen LogP contribution in [0, 0.1) is 0 Å². The van der Waals surface area contributed by atoms with E-state index in [1.165, 1.54) is 11.3 Å². The van der Waals surface area contributed by atoms with E-state index >= 15 is 0 Å². The Kier molecular flexibility index (Phi) is 6.11. The van der Waals surface area contributed by atoms with Crippen LogP contribution >= 0.6 is 38.9 Å². The summed E-state index contributed by atoms with van der Waals surface area (Å²) in [6, 6.07) is 2.00. The Labute approximate surface area is 125 Å². The Morgan fingerprint density at radius 3 is 2.67 bits per heavy atom. The van der Waals surface area contributed by atoms with E-state index in [4.69, 9.17) is 11.6 Å². The summed E-state index contributed by atoms with van der Waals surface area (Å²) in [5.41, 5.74) is -0.163. The zero-order chi connectivity index (χ0) is 13.8. The number of amides is 1. The van der Waals surface area contributed by atoms with Gasteiger partial charge in [-0.05, 0) is 42.8 Å². The van der Waals surface area contributed by atoms with Crippen molar-refractivity contribution >= 4 is 44.8 Å². The SMILES string of the molecule is CC(C)(C)NC(=O)CCNCc1cc(Br)c(Cl)s1. The van der Waals surface area contributed by atoms with Gasteiger partial charge >= 0.3 is 0 Å². The lowest BCUT2D eigenvalue weighted by Gasteiger charge is -2.20. The highest BCUT2D eigenvalue weighted by Crippen LogP contribution is 2.31. The lowest BCUT2D eigenvalue weighted by atomic mass is 10.1. The van der Waals surface area contributed by atoms with Crippen molar-refractivity contribution in [3.8, 4) is 0 Å². The van der Waals surface area contributed by atoms with E-state index in [0.29, 0.717) is 13.0 Å². The minimum atomic E-state index is -0.163. The van der Waals surface area contributed by atoms with Crippen LogP contribution in [0.4, 0.5) is 0 Å². The third-order valence-corrected chi connectivity index (χ3v) is 4.51. The molecule has 0 aliphatic rings. The van der Waals surface area contributed by atoms with Crippen LogP contribution in [-0.2, 0) is 11.3 Å². The zero-order valence-corrected chi connectivity index (χ0v) is 13.9. The second-order valence-electron chi connectivity index (χ2n) is 5.06. The van der Waals surface area contributed by atoms with Crippen LogP contribution in [0.5, 0.6) is 0 Å². The first-order chi connectivity index (χ1) is 8.28. The Morgan fingerprint density at radius 2 is 2.17 bits per heavy atom. The summed E-state index contributed by atoms with van der Waals surface area (Å²) in [5.74, 6) is 0.0698. The first kappa shape index (κ1) is 16.0. The predicted octanol–water partition coefficient (Wildman–Crippen LogP) is 3.56. The topological polar surface area (TPSA) is 41.1 Å². The summed E-state index contributed by atoms with van der Waals surface area (Å²) in [4.78, 5) is 12.7. The Balaban J connectivity index is 2.21. The van der Waals surface area contributed by atoms with Gasteiger partial charge in [0.05, 0.1) is 0 Å². The van der Waals surface area contributed by atoms with Gasteiger partial charge < -0.3 is 10.6 Å². The van der Waals surface area contributed by atoms with Crippen molar-refractivity contribution in [2.45, 2.75) is 39.3 Å². The minimum Gasteiger partial charge on any atom is -0.351 e. The van der Waals surface area contributed by atoms with Gasteiger partial charge in [-0.1, -0.05) is 11.6 Å². The molecular weight excluding hydrogens is 336 g/mol. The zero-order valence-electron chi connectivity index (χ0n) is 10.8. The van der Waals surface area contributed by atoms with Gasteiger partial charge in [-0.25, -0.2) is 0 Å². The van der Waals surface area contributed by atoms with E-state index in [0.717, 1.165) is 20.2 Å². The molecule has 102 valence electrons. The fraction of sp³-hybridized carbons (Fsp3) is 0.583. The maximum absolute atomic E-state index is 11.6. The first-order valence-electron chi connectivity index (χ1n) is 5.73. The molecule has 0 fully saturated rings. The number of carbonyl (C=O) groups excluding carboxylic acids is 1. The van der Waals surface area contributed by atoms with Crippen LogP contribution < -0.4 is 10.6 Å². The summed E-state index contributed by atoms with van der Waals surface area (Å²) < 4.78 is 1.69. The molecule has 1 rings (SSSR count). The molecule has 1 aromatic heterocycles. The lowest BCUT2D eigenvalue weighted by molar-refractivity contribution is -0.122. The molecule has 0 aliphatic heterocycles. The lowest BCUT2D eigenvalue weighted by Crippen LogP contribution is -2.41. The fourth-order valence-electron chi connectivity index (χ4n) is 1.37. The average Bonchev–Trinajstić information content (AvgIpc) is 2.51. The predicted molar refractivity (Wildman–Crippen MR) is 81.2 cm³/mol. The summed E-state index contributed by atoms with van der Waals surface area (Å²) in [6.07, 6.45) is 0.484. The average molecular weight is 354 g/mol. The number of thiophene rings is 1. The largest absolute Gasteiger partial charge is 0.351 e. The van der Waals surface area contributed by atoms with Crippen LogP contribution in [0.2, 0.25) is 4.34 Å². The second kappa shape index (κ2) is 6.89. The van der Waals surface area contributed by atoms with Crippen LogP contribution in [0.15, 0.2) is 10.5 Å². The summed E-state index contributed by atoms with van der Waals surface area (Å²) >= 11 is 10.9. The molecule has 0 aliphatic carbocycles. The molecule has 0 unspecified atom stereocenters. The second-order valence-corrected chi connectivity index (χ2v) is 7.65. The van der Waals surface area contributed by atoms with E-state index in [1.807, 2.05) is 26.8 Å². The maximum atomic E-state index is 11.6. The molecular formula is C12H18BrClN2OS. The monoisotopic (exact) mass is 352 g/mol. The van der Waals surface area contributed by atoms with Gasteiger partial charge in [-0.15, -0.1) is 11.3 Å². The third kappa shape index (κ3) is 6.18. The summed E-state index contributed by atoms with van der Waals surface area (Å²) in [6.45, 7) is 7.32. The van der Waals surface area contributed by atoms with E-state index in [-0.39, 0.29) is 11.4 Å². The molecule has 0 spiro atoms. The Bertz CT molecular complexity index is 395. The highest BCUT2D eigenvalue weighted by molar-refractivity contribution is 9.10. The van der Waals surface area contributed by atoms with Gasteiger partial charge in [0.1, 0.15) is 4.34 Å². The highest BCUT2D eigenvalue weighted by Gasteiger charge is 2.12. The molecule has 1 aromatic rings. The van der Waals surface area contributed by atoms with Crippen molar-refractivity contribution in [1.82, 2.24) is 10.6 Å². The molecule has 6 heteroatoms. The van der Waals surface area contributed by atoms with Gasteiger partial charge in [-0.2, -0.15) is 0 Å². The molecule has 0 atom stereocenters. The quantitative estimate of drug-likeness (QED) is 0.795. The van der Waals surface area contributed by atoms with Crippen LogP contribution in [0.3, 0.4) is 0 Å². The van der Waals surface area contributed by atoms with E-state index in [2.05, 4.69) is 26.6 Å². The van der Waals surface area contributed by atoms with Crippen LogP contribution in [0.25, 0.3) is 0 Å². The minimum absolute atomic E-state index is 0.0698. The molecule has 2 N–H and O–H groups in total. The van der Waals surface area contributed by atoms with Gasteiger partial charge in [-0.3, -0.25) is 4.79 Å². The summed E-state index contributed by atoms with van der Waals surface area (Å²) in [5, 5.41) is 6.16. The number of halogens is 2. The molecule has 0 aromatic carbocycles. The summed E-state index contributed by atoms with van der Waals surface area (Å²) in [7, 11) is 0. The third-order valence-electron chi connectivity index (χ3n) is 2.04.